The van der Waals surface area contributed by atoms with Gasteiger partial charge in [0.05, 0.1) is 17.9 Å². The number of nitrogens with one attached hydrogen (secondary N) is 2. The van der Waals surface area contributed by atoms with E-state index < -0.39 is 0 Å². The zero-order chi connectivity index (χ0) is 19.5. The standard InChI is InChI=1S/C23H18N4O2/c28-22-19-14-5-1-2-6-15(14)21-18(16-7-3-4-8-17(16)26-21)20(19)23(29)27(22)10-9-13-11-24-12-25-13/h1-8,11-12,14,17,26H,9-10H2,(H,24,25). The molecule has 2 amide bonds. The van der Waals surface area contributed by atoms with Crippen molar-refractivity contribution >= 4 is 11.8 Å². The highest BCUT2D eigenvalue weighted by Gasteiger charge is 2.49. The molecular weight excluding hydrogens is 364 g/mol. The first-order chi connectivity index (χ1) is 14.2. The van der Waals surface area contributed by atoms with E-state index in [1.54, 1.807) is 12.5 Å². The third-order valence-electron chi connectivity index (χ3n) is 6.10. The van der Waals surface area contributed by atoms with Crippen LogP contribution in [0.5, 0.6) is 0 Å². The van der Waals surface area contributed by atoms with Crippen LogP contribution in [0.2, 0.25) is 0 Å². The first-order valence-corrected chi connectivity index (χ1v) is 9.77. The van der Waals surface area contributed by atoms with E-state index in [1.807, 2.05) is 42.5 Å². The second-order valence-electron chi connectivity index (χ2n) is 7.63. The van der Waals surface area contributed by atoms with Gasteiger partial charge in [-0.05, 0) is 11.1 Å². The number of amides is 2. The van der Waals surface area contributed by atoms with Gasteiger partial charge in [-0.3, -0.25) is 14.5 Å². The first-order valence-electron chi connectivity index (χ1n) is 9.77. The number of carbonyl (C=O) groups excluding carboxylic acids is 2. The normalized spacial score (nSPS) is 26.3. The fourth-order valence-corrected chi connectivity index (χ4v) is 4.79. The molecule has 1 aromatic heterocycles. The highest BCUT2D eigenvalue weighted by Crippen LogP contribution is 2.49. The molecule has 6 rings (SSSR count). The Balaban J connectivity index is 1.46. The van der Waals surface area contributed by atoms with Crippen LogP contribution in [0.3, 0.4) is 0 Å². The lowest BCUT2D eigenvalue weighted by Gasteiger charge is -2.26. The molecule has 0 saturated heterocycles. The summed E-state index contributed by atoms with van der Waals surface area (Å²) in [4.78, 5) is 35.3. The summed E-state index contributed by atoms with van der Waals surface area (Å²) in [5, 5.41) is 3.56. The van der Waals surface area contributed by atoms with Gasteiger partial charge in [-0.2, -0.15) is 0 Å². The molecule has 0 bridgehead atoms. The smallest absolute Gasteiger partial charge is 0.261 e. The molecule has 0 fully saturated rings. The van der Waals surface area contributed by atoms with Gasteiger partial charge in [-0.15, -0.1) is 0 Å². The molecule has 6 nitrogen and oxygen atoms in total. The molecule has 6 heteroatoms. The van der Waals surface area contributed by atoms with Crippen LogP contribution in [0.25, 0.3) is 0 Å². The number of aromatic amines is 1. The van der Waals surface area contributed by atoms with Crippen molar-refractivity contribution in [3.8, 4) is 0 Å². The number of imidazole rings is 1. The summed E-state index contributed by atoms with van der Waals surface area (Å²) in [5.41, 5.74) is 6.05. The minimum Gasteiger partial charge on any atom is -0.374 e. The molecule has 29 heavy (non-hydrogen) atoms. The third-order valence-corrected chi connectivity index (χ3v) is 6.10. The summed E-state index contributed by atoms with van der Waals surface area (Å²) in [6.07, 6.45) is 20.0. The Morgan fingerprint density at radius 3 is 2.62 bits per heavy atom. The molecule has 2 unspecified atom stereocenters. The van der Waals surface area contributed by atoms with E-state index >= 15 is 0 Å². The number of allylic oxidation sites excluding steroid dienone is 8. The van der Waals surface area contributed by atoms with Crippen LogP contribution >= 0.6 is 0 Å². The Morgan fingerprint density at radius 1 is 0.966 bits per heavy atom. The molecule has 0 aromatic carbocycles. The highest BCUT2D eigenvalue weighted by molar-refractivity contribution is 6.23. The van der Waals surface area contributed by atoms with Crippen molar-refractivity contribution in [2.75, 3.05) is 6.54 Å². The van der Waals surface area contributed by atoms with Crippen molar-refractivity contribution in [1.29, 1.82) is 0 Å². The Hall–Kier alpha value is -3.67. The van der Waals surface area contributed by atoms with Crippen molar-refractivity contribution in [1.82, 2.24) is 20.2 Å². The maximum Gasteiger partial charge on any atom is 0.261 e. The quantitative estimate of drug-likeness (QED) is 0.784. The lowest BCUT2D eigenvalue weighted by molar-refractivity contribution is -0.137. The Labute approximate surface area is 167 Å². The largest absolute Gasteiger partial charge is 0.374 e. The topological polar surface area (TPSA) is 78.1 Å². The number of carbonyl (C=O) groups is 2. The molecular formula is C23H18N4O2. The first kappa shape index (κ1) is 16.3. The van der Waals surface area contributed by atoms with Gasteiger partial charge < -0.3 is 10.3 Å². The van der Waals surface area contributed by atoms with Crippen LogP contribution in [-0.4, -0.2) is 39.3 Å². The van der Waals surface area contributed by atoms with Crippen molar-refractivity contribution in [3.63, 3.8) is 0 Å². The molecule has 1 aromatic rings. The maximum absolute atomic E-state index is 13.5. The number of nitrogens with zero attached hydrogens (tertiary/aromatic N) is 2. The fourth-order valence-electron chi connectivity index (χ4n) is 4.79. The average molecular weight is 382 g/mol. The number of imide groups is 1. The molecule has 3 heterocycles. The van der Waals surface area contributed by atoms with Crippen LogP contribution in [0.4, 0.5) is 0 Å². The van der Waals surface area contributed by atoms with E-state index in [9.17, 15) is 9.59 Å². The van der Waals surface area contributed by atoms with E-state index in [0.717, 1.165) is 28.1 Å². The minimum atomic E-state index is -0.197. The minimum absolute atomic E-state index is 0.0336. The summed E-state index contributed by atoms with van der Waals surface area (Å²) >= 11 is 0. The Morgan fingerprint density at radius 2 is 1.79 bits per heavy atom. The number of rotatable bonds is 3. The van der Waals surface area contributed by atoms with E-state index in [-0.39, 0.29) is 23.8 Å². The number of hydrogen-bond acceptors (Lipinski definition) is 4. The van der Waals surface area contributed by atoms with Crippen molar-refractivity contribution in [2.45, 2.75) is 12.5 Å². The van der Waals surface area contributed by atoms with E-state index in [0.29, 0.717) is 24.1 Å². The zero-order valence-corrected chi connectivity index (χ0v) is 15.6. The monoisotopic (exact) mass is 382 g/mol. The summed E-state index contributed by atoms with van der Waals surface area (Å²) in [5.74, 6) is -0.571. The van der Waals surface area contributed by atoms with Crippen LogP contribution in [-0.2, 0) is 16.0 Å². The van der Waals surface area contributed by atoms with Gasteiger partial charge in [0.15, 0.2) is 0 Å². The molecule has 3 aliphatic carbocycles. The summed E-state index contributed by atoms with van der Waals surface area (Å²) in [6.45, 7) is 0.332. The van der Waals surface area contributed by atoms with Gasteiger partial charge in [0.25, 0.3) is 11.8 Å². The summed E-state index contributed by atoms with van der Waals surface area (Å²) < 4.78 is 0. The van der Waals surface area contributed by atoms with Crippen molar-refractivity contribution in [3.05, 3.63) is 100 Å². The molecule has 142 valence electrons. The van der Waals surface area contributed by atoms with E-state index in [4.69, 9.17) is 0 Å². The van der Waals surface area contributed by atoms with E-state index in [1.165, 1.54) is 4.90 Å². The highest BCUT2D eigenvalue weighted by atomic mass is 16.2. The lowest BCUT2D eigenvalue weighted by atomic mass is 9.76. The maximum atomic E-state index is 13.5. The van der Waals surface area contributed by atoms with Gasteiger partial charge in [0.2, 0.25) is 0 Å². The third kappa shape index (κ3) is 2.20. The van der Waals surface area contributed by atoms with Crippen LogP contribution in [0.15, 0.2) is 94.7 Å². The number of fused-ring (bicyclic) bond motifs is 5. The van der Waals surface area contributed by atoms with Crippen molar-refractivity contribution in [2.24, 2.45) is 5.92 Å². The molecule has 2 atom stereocenters. The Kier molecular flexibility index (Phi) is 3.32. The fraction of sp³-hybridized carbons (Fsp3) is 0.174. The summed E-state index contributed by atoms with van der Waals surface area (Å²) in [7, 11) is 0. The van der Waals surface area contributed by atoms with Gasteiger partial charge in [0, 0.05) is 47.6 Å². The lowest BCUT2D eigenvalue weighted by Crippen LogP contribution is -2.34. The summed E-state index contributed by atoms with van der Waals surface area (Å²) in [6, 6.07) is 0.0336. The predicted octanol–water partition coefficient (Wildman–Crippen LogP) is 2.02. The molecule has 0 radical (unpaired) electrons. The van der Waals surface area contributed by atoms with Gasteiger partial charge in [-0.1, -0.05) is 48.6 Å². The van der Waals surface area contributed by atoms with Gasteiger partial charge in [0.1, 0.15) is 0 Å². The number of aromatic nitrogens is 2. The average Bonchev–Trinajstić information content (AvgIpc) is 3.45. The van der Waals surface area contributed by atoms with Gasteiger partial charge in [-0.25, -0.2) is 4.98 Å². The SMILES string of the molecule is O=C1C2=C(C(=O)N1CCc1cnc[nH]1)C1C=CC=CC1=C1NC3C=CC=CC3=C12. The molecule has 2 aliphatic heterocycles. The van der Waals surface area contributed by atoms with Crippen LogP contribution in [0, 0.1) is 5.92 Å². The second kappa shape index (κ2) is 5.91. The number of hydrogen-bond donors (Lipinski definition) is 2. The molecule has 2 N–H and O–H groups in total. The molecule has 0 saturated carbocycles. The Bertz CT molecular complexity index is 1170. The van der Waals surface area contributed by atoms with Crippen LogP contribution in [0.1, 0.15) is 5.69 Å². The molecule has 5 aliphatic rings. The van der Waals surface area contributed by atoms with Crippen molar-refractivity contribution < 1.29 is 9.59 Å². The second-order valence-corrected chi connectivity index (χ2v) is 7.63. The predicted molar refractivity (Wildman–Crippen MR) is 107 cm³/mol. The number of H-pyrrole nitrogens is 1. The van der Waals surface area contributed by atoms with Crippen LogP contribution < -0.4 is 5.32 Å². The molecule has 0 spiro atoms. The van der Waals surface area contributed by atoms with Gasteiger partial charge >= 0.3 is 0 Å². The zero-order valence-electron chi connectivity index (χ0n) is 15.6. The van der Waals surface area contributed by atoms with E-state index in [2.05, 4.69) is 21.4 Å².